The average Bonchev–Trinajstić information content (AvgIpc) is 2.74. The van der Waals surface area contributed by atoms with E-state index in [1.165, 1.54) is 0 Å². The van der Waals surface area contributed by atoms with Gasteiger partial charge in [-0.3, -0.25) is 14.4 Å². The number of hydrogen-bond acceptors (Lipinski definition) is 5. The Labute approximate surface area is 117 Å². The van der Waals surface area contributed by atoms with Crippen LogP contribution < -0.4 is 16.5 Å². The van der Waals surface area contributed by atoms with Gasteiger partial charge < -0.3 is 11.1 Å². The normalized spacial score (nSPS) is 10.7. The molecule has 0 fully saturated rings. The van der Waals surface area contributed by atoms with E-state index < -0.39 is 5.91 Å². The molecule has 0 radical (unpaired) electrons. The van der Waals surface area contributed by atoms with Crippen LogP contribution in [0.15, 0.2) is 16.7 Å². The fraction of sp³-hybridized carbons (Fsp3) is 0.273. The second-order valence-corrected chi connectivity index (χ2v) is 4.87. The van der Waals surface area contributed by atoms with Gasteiger partial charge in [0.05, 0.1) is 17.9 Å². The third-order valence-electron chi connectivity index (χ3n) is 2.66. The first-order valence-corrected chi connectivity index (χ1v) is 6.48. The highest BCUT2D eigenvalue weighted by molar-refractivity contribution is 9.10. The molecule has 102 valence electrons. The highest BCUT2D eigenvalue weighted by Crippen LogP contribution is 2.25. The van der Waals surface area contributed by atoms with Crippen molar-refractivity contribution in [2.24, 2.45) is 0 Å². The van der Waals surface area contributed by atoms with Gasteiger partial charge in [0.15, 0.2) is 5.65 Å². The number of aromatic nitrogens is 2. The number of amides is 1. The van der Waals surface area contributed by atoms with Crippen LogP contribution in [0, 0.1) is 0 Å². The second-order valence-electron chi connectivity index (χ2n) is 3.96. The van der Waals surface area contributed by atoms with Crippen molar-refractivity contribution in [1.82, 2.24) is 14.9 Å². The molecule has 0 atom stereocenters. The monoisotopic (exact) mass is 327 g/mol. The number of anilines is 2. The van der Waals surface area contributed by atoms with Crippen LogP contribution in [-0.4, -0.2) is 27.0 Å². The van der Waals surface area contributed by atoms with E-state index in [2.05, 4.69) is 26.2 Å². The topological polar surface area (TPSA) is 105 Å². The van der Waals surface area contributed by atoms with Gasteiger partial charge in [0.25, 0.3) is 5.91 Å². The smallest absolute Gasteiger partial charge is 0.262 e. The van der Waals surface area contributed by atoms with Crippen molar-refractivity contribution in [3.63, 3.8) is 0 Å². The fourth-order valence-electron chi connectivity index (χ4n) is 1.82. The molecule has 0 saturated heterocycles. The van der Waals surface area contributed by atoms with Crippen LogP contribution >= 0.6 is 15.9 Å². The molecule has 0 bridgehead atoms. The van der Waals surface area contributed by atoms with Gasteiger partial charge in [0.1, 0.15) is 5.82 Å². The van der Waals surface area contributed by atoms with Crippen LogP contribution in [0.1, 0.15) is 12.6 Å². The molecule has 0 spiro atoms. The number of halogens is 1. The van der Waals surface area contributed by atoms with Gasteiger partial charge in [-0.15, -0.1) is 0 Å². The van der Waals surface area contributed by atoms with Crippen molar-refractivity contribution in [2.75, 3.05) is 17.6 Å². The summed E-state index contributed by atoms with van der Waals surface area (Å²) in [6.45, 7) is 1.91. The van der Waals surface area contributed by atoms with Crippen LogP contribution in [0.4, 0.5) is 11.5 Å². The van der Waals surface area contributed by atoms with Gasteiger partial charge in [-0.25, -0.2) is 10.5 Å². The summed E-state index contributed by atoms with van der Waals surface area (Å²) in [5.74, 6) is 0.161. The summed E-state index contributed by atoms with van der Waals surface area (Å²) in [4.78, 5) is 15.5. The predicted molar refractivity (Wildman–Crippen MR) is 75.1 cm³/mol. The molecule has 0 aromatic carbocycles. The van der Waals surface area contributed by atoms with E-state index in [-0.39, 0.29) is 6.54 Å². The van der Waals surface area contributed by atoms with Crippen LogP contribution in [0.5, 0.6) is 0 Å². The van der Waals surface area contributed by atoms with Crippen molar-refractivity contribution in [3.05, 3.63) is 22.4 Å². The van der Waals surface area contributed by atoms with Gasteiger partial charge in [-0.2, -0.15) is 0 Å². The van der Waals surface area contributed by atoms with Crippen molar-refractivity contribution in [3.8, 4) is 0 Å². The van der Waals surface area contributed by atoms with Crippen LogP contribution in [0.2, 0.25) is 0 Å². The molecule has 1 amide bonds. The number of nitrogens with one attached hydrogen (secondary N) is 2. The molecule has 5 N–H and O–H groups in total. The number of fused-ring (bicyclic) bond motifs is 1. The molecule has 2 aromatic heterocycles. The first-order valence-electron chi connectivity index (χ1n) is 5.69. The van der Waals surface area contributed by atoms with E-state index in [1.54, 1.807) is 15.9 Å². The molecule has 2 aromatic rings. The Balaban J connectivity index is 2.47. The number of carbonyl (C=O) groups is 1. The van der Waals surface area contributed by atoms with Crippen molar-refractivity contribution in [2.45, 2.75) is 13.3 Å². The molecule has 0 saturated carbocycles. The zero-order chi connectivity index (χ0) is 14.0. The maximum Gasteiger partial charge on any atom is 0.262 e. The summed E-state index contributed by atoms with van der Waals surface area (Å²) in [7, 11) is 0. The zero-order valence-corrected chi connectivity index (χ0v) is 11.9. The Bertz CT molecular complexity index is 625. The first kappa shape index (κ1) is 13.6. The van der Waals surface area contributed by atoms with E-state index >= 15 is 0 Å². The summed E-state index contributed by atoms with van der Waals surface area (Å²) >= 11 is 3.37. The van der Waals surface area contributed by atoms with Crippen LogP contribution in [-0.2, 0) is 11.2 Å². The quantitative estimate of drug-likeness (QED) is 0.498. The van der Waals surface area contributed by atoms with Gasteiger partial charge in [0.2, 0.25) is 0 Å². The van der Waals surface area contributed by atoms with Crippen LogP contribution in [0.25, 0.3) is 5.65 Å². The Morgan fingerprint density at radius 3 is 3.00 bits per heavy atom. The van der Waals surface area contributed by atoms with E-state index in [9.17, 15) is 4.79 Å². The maximum absolute atomic E-state index is 11.1. The number of pyridine rings is 1. The van der Waals surface area contributed by atoms with E-state index in [4.69, 9.17) is 10.9 Å². The number of aryl methyl sites for hydroxylation is 1. The molecule has 19 heavy (non-hydrogen) atoms. The molecular weight excluding hydrogens is 314 g/mol. The number of carbonyl (C=O) groups excluding carboxylic acids is 1. The Kier molecular flexibility index (Phi) is 3.91. The summed E-state index contributed by atoms with van der Waals surface area (Å²) in [6, 6.07) is 1.77. The summed E-state index contributed by atoms with van der Waals surface area (Å²) in [6.07, 6.45) is 2.51. The summed E-state index contributed by atoms with van der Waals surface area (Å²) in [5.41, 5.74) is 9.46. The third-order valence-corrected chi connectivity index (χ3v) is 3.10. The highest BCUT2D eigenvalue weighted by atomic mass is 79.9. The highest BCUT2D eigenvalue weighted by Gasteiger charge is 2.14. The van der Waals surface area contributed by atoms with Crippen molar-refractivity contribution < 1.29 is 10.0 Å². The summed E-state index contributed by atoms with van der Waals surface area (Å²) in [5, 5.41) is 11.4. The lowest BCUT2D eigenvalue weighted by Crippen LogP contribution is -2.27. The average molecular weight is 328 g/mol. The van der Waals surface area contributed by atoms with Crippen LogP contribution in [0.3, 0.4) is 0 Å². The Hall–Kier alpha value is -1.80. The third kappa shape index (κ3) is 2.64. The number of rotatable bonds is 4. The number of imidazole rings is 1. The lowest BCUT2D eigenvalue weighted by Gasteiger charge is -2.07. The minimum Gasteiger partial charge on any atom is -0.396 e. The maximum atomic E-state index is 11.1. The Morgan fingerprint density at radius 1 is 1.63 bits per heavy atom. The molecule has 8 heteroatoms. The van der Waals surface area contributed by atoms with Gasteiger partial charge in [-0.05, 0) is 28.4 Å². The molecule has 2 rings (SSSR count). The van der Waals surface area contributed by atoms with Gasteiger partial charge >= 0.3 is 0 Å². The van der Waals surface area contributed by atoms with Gasteiger partial charge in [-0.1, -0.05) is 6.92 Å². The number of nitrogens with zero attached hydrogens (tertiary/aromatic N) is 2. The largest absolute Gasteiger partial charge is 0.396 e. The molecule has 0 unspecified atom stereocenters. The minimum absolute atomic E-state index is 0.0519. The van der Waals surface area contributed by atoms with E-state index in [1.807, 2.05) is 13.1 Å². The Morgan fingerprint density at radius 2 is 2.37 bits per heavy atom. The molecular formula is C11H14BrN5O2. The number of nitrogens with two attached hydrogens (primary N) is 1. The fourth-order valence-corrected chi connectivity index (χ4v) is 2.27. The van der Waals surface area contributed by atoms with E-state index in [0.717, 1.165) is 10.2 Å². The predicted octanol–water partition coefficient (Wildman–Crippen LogP) is 1.16. The number of hydrogen-bond donors (Lipinski definition) is 4. The first-order chi connectivity index (χ1) is 9.06. The lowest BCUT2D eigenvalue weighted by atomic mass is 10.3. The minimum atomic E-state index is -0.528. The molecule has 0 aliphatic carbocycles. The van der Waals surface area contributed by atoms with Gasteiger partial charge in [0, 0.05) is 10.7 Å². The van der Waals surface area contributed by atoms with Crippen molar-refractivity contribution >= 4 is 39.0 Å². The second kappa shape index (κ2) is 5.45. The lowest BCUT2D eigenvalue weighted by molar-refractivity contribution is -0.127. The van der Waals surface area contributed by atoms with E-state index in [0.29, 0.717) is 23.6 Å². The molecule has 0 aliphatic rings. The molecule has 7 nitrogen and oxygen atoms in total. The number of hydroxylamine groups is 1. The SMILES string of the molecule is CCc1nc2c(N)cc(Br)cn2c1NCC(=O)NO. The summed E-state index contributed by atoms with van der Waals surface area (Å²) < 4.78 is 2.59. The molecule has 0 aliphatic heterocycles. The van der Waals surface area contributed by atoms with Crippen molar-refractivity contribution in [1.29, 1.82) is 0 Å². The number of nitrogen functional groups attached to an aromatic ring is 1. The standard InChI is InChI=1S/C11H14BrN5O2/c1-2-8-11(14-4-9(18)16-19)17-5-6(12)3-7(13)10(17)15-8/h3,5,14,19H,2,4,13H2,1H3,(H,16,18). The zero-order valence-electron chi connectivity index (χ0n) is 10.3. The molecule has 2 heterocycles.